The van der Waals surface area contributed by atoms with E-state index >= 15 is 0 Å². The van der Waals surface area contributed by atoms with Crippen molar-refractivity contribution in [1.29, 1.82) is 0 Å². The van der Waals surface area contributed by atoms with Crippen LogP contribution in [-0.2, 0) is 16.1 Å². The number of ether oxygens (including phenoxy) is 2. The maximum absolute atomic E-state index is 12.7. The van der Waals surface area contributed by atoms with E-state index in [0.717, 1.165) is 11.3 Å². The fourth-order valence-electron chi connectivity index (χ4n) is 3.63. The molecule has 32 heavy (non-hydrogen) atoms. The van der Waals surface area contributed by atoms with Crippen LogP contribution >= 0.6 is 0 Å². The number of amides is 2. The fourth-order valence-corrected chi connectivity index (χ4v) is 3.63. The van der Waals surface area contributed by atoms with Crippen molar-refractivity contribution in [2.24, 2.45) is 5.92 Å². The van der Waals surface area contributed by atoms with Gasteiger partial charge < -0.3 is 19.7 Å². The number of carbonyl (C=O) groups excluding carboxylic acids is 2. The van der Waals surface area contributed by atoms with E-state index in [-0.39, 0.29) is 24.8 Å². The molecule has 2 N–H and O–H groups in total. The molecular formula is C23H25N5O4. The number of aromatic amines is 1. The lowest BCUT2D eigenvalue weighted by Crippen LogP contribution is -2.33. The number of rotatable bonds is 8. The summed E-state index contributed by atoms with van der Waals surface area (Å²) in [6, 6.07) is 14.8. The number of benzene rings is 2. The zero-order valence-electron chi connectivity index (χ0n) is 18.0. The monoisotopic (exact) mass is 435 g/mol. The third kappa shape index (κ3) is 4.56. The van der Waals surface area contributed by atoms with Crippen LogP contribution in [0.3, 0.4) is 0 Å². The smallest absolute Gasteiger partial charge is 0.227 e. The Balaban J connectivity index is 1.36. The van der Waals surface area contributed by atoms with E-state index in [9.17, 15) is 9.59 Å². The number of hydrogen-bond acceptors (Lipinski definition) is 6. The van der Waals surface area contributed by atoms with Crippen LogP contribution in [-0.4, -0.2) is 47.3 Å². The van der Waals surface area contributed by atoms with Gasteiger partial charge in [0, 0.05) is 18.5 Å². The van der Waals surface area contributed by atoms with Gasteiger partial charge in [-0.25, -0.2) is 4.98 Å². The summed E-state index contributed by atoms with van der Waals surface area (Å²) in [5, 5.41) is 9.90. The Kier molecular flexibility index (Phi) is 6.34. The topological polar surface area (TPSA) is 109 Å². The Labute approximate surface area is 185 Å². The number of nitrogens with one attached hydrogen (secondary N) is 2. The third-order valence-corrected chi connectivity index (χ3v) is 5.26. The number of H-pyrrole nitrogens is 1. The SMILES string of the molecule is CCOc1ccccc1N1CC(C(=O)NCc2nc(-c3ccc(OC)cc3)n[nH]2)CC1=O. The Morgan fingerprint density at radius 1 is 1.22 bits per heavy atom. The van der Waals surface area contributed by atoms with Gasteiger partial charge in [0.2, 0.25) is 11.8 Å². The maximum Gasteiger partial charge on any atom is 0.227 e. The molecule has 0 saturated carbocycles. The van der Waals surface area contributed by atoms with E-state index in [1.807, 2.05) is 55.5 Å². The highest BCUT2D eigenvalue weighted by Gasteiger charge is 2.36. The first-order chi connectivity index (χ1) is 15.6. The van der Waals surface area contributed by atoms with Gasteiger partial charge in [-0.1, -0.05) is 12.1 Å². The lowest BCUT2D eigenvalue weighted by molar-refractivity contribution is -0.126. The van der Waals surface area contributed by atoms with Crippen molar-refractivity contribution in [3.63, 3.8) is 0 Å². The van der Waals surface area contributed by atoms with E-state index in [0.29, 0.717) is 36.2 Å². The summed E-state index contributed by atoms with van der Waals surface area (Å²) < 4.78 is 10.8. The average Bonchev–Trinajstić information content (AvgIpc) is 3.45. The molecule has 1 unspecified atom stereocenters. The molecule has 1 atom stereocenters. The lowest BCUT2D eigenvalue weighted by Gasteiger charge is -2.20. The van der Waals surface area contributed by atoms with Crippen LogP contribution < -0.4 is 19.7 Å². The molecule has 9 nitrogen and oxygen atoms in total. The lowest BCUT2D eigenvalue weighted by atomic mass is 10.1. The molecule has 1 saturated heterocycles. The number of nitrogens with zero attached hydrogens (tertiary/aromatic N) is 3. The minimum Gasteiger partial charge on any atom is -0.497 e. The Morgan fingerprint density at radius 3 is 2.75 bits per heavy atom. The van der Waals surface area contributed by atoms with E-state index in [1.165, 1.54) is 0 Å². The summed E-state index contributed by atoms with van der Waals surface area (Å²) in [5.41, 5.74) is 1.53. The minimum absolute atomic E-state index is 0.0984. The third-order valence-electron chi connectivity index (χ3n) is 5.26. The van der Waals surface area contributed by atoms with Crippen molar-refractivity contribution >= 4 is 17.5 Å². The second-order valence-electron chi connectivity index (χ2n) is 7.36. The normalized spacial score (nSPS) is 15.6. The first-order valence-corrected chi connectivity index (χ1v) is 10.4. The predicted molar refractivity (Wildman–Crippen MR) is 118 cm³/mol. The van der Waals surface area contributed by atoms with Gasteiger partial charge in [0.1, 0.15) is 17.3 Å². The number of anilines is 1. The molecule has 1 aliphatic heterocycles. The van der Waals surface area contributed by atoms with E-state index in [1.54, 1.807) is 12.0 Å². The highest BCUT2D eigenvalue weighted by molar-refractivity contribution is 6.01. The molecule has 3 aromatic rings. The van der Waals surface area contributed by atoms with E-state index in [4.69, 9.17) is 9.47 Å². The van der Waals surface area contributed by atoms with Crippen molar-refractivity contribution in [1.82, 2.24) is 20.5 Å². The Bertz CT molecular complexity index is 1100. The van der Waals surface area contributed by atoms with Gasteiger partial charge >= 0.3 is 0 Å². The summed E-state index contributed by atoms with van der Waals surface area (Å²) in [6.07, 6.45) is 0.153. The summed E-state index contributed by atoms with van der Waals surface area (Å²) in [7, 11) is 1.61. The molecule has 1 fully saturated rings. The standard InChI is InChI=1S/C23H25N5O4/c1-3-32-19-7-5-4-6-18(19)28-14-16(12-21(28)29)23(30)24-13-20-25-22(27-26-20)15-8-10-17(31-2)11-9-15/h4-11,16H,3,12-14H2,1-2H3,(H,24,30)(H,25,26,27). The first-order valence-electron chi connectivity index (χ1n) is 10.4. The highest BCUT2D eigenvalue weighted by atomic mass is 16.5. The molecule has 2 aromatic carbocycles. The van der Waals surface area contributed by atoms with Gasteiger partial charge in [0.25, 0.3) is 0 Å². The van der Waals surface area contributed by atoms with Crippen molar-refractivity contribution in [2.45, 2.75) is 19.9 Å². The maximum atomic E-state index is 12.7. The van der Waals surface area contributed by atoms with Crippen LogP contribution in [0.4, 0.5) is 5.69 Å². The first kappa shape index (κ1) is 21.4. The summed E-state index contributed by atoms with van der Waals surface area (Å²) in [4.78, 5) is 31.3. The molecule has 2 amide bonds. The molecule has 2 heterocycles. The molecule has 9 heteroatoms. The van der Waals surface area contributed by atoms with Crippen molar-refractivity contribution in [2.75, 3.05) is 25.2 Å². The van der Waals surface area contributed by atoms with E-state index in [2.05, 4.69) is 20.5 Å². The van der Waals surface area contributed by atoms with Crippen molar-refractivity contribution < 1.29 is 19.1 Å². The largest absolute Gasteiger partial charge is 0.497 e. The minimum atomic E-state index is -0.443. The van der Waals surface area contributed by atoms with Crippen molar-refractivity contribution in [3.8, 4) is 22.9 Å². The van der Waals surface area contributed by atoms with Gasteiger partial charge in [-0.15, -0.1) is 0 Å². The van der Waals surface area contributed by atoms with Crippen LogP contribution in [0.2, 0.25) is 0 Å². The average molecular weight is 435 g/mol. The van der Waals surface area contributed by atoms with Crippen LogP contribution in [0.5, 0.6) is 11.5 Å². The molecule has 1 aliphatic rings. The highest BCUT2D eigenvalue weighted by Crippen LogP contribution is 2.33. The van der Waals surface area contributed by atoms with Crippen LogP contribution in [0.25, 0.3) is 11.4 Å². The van der Waals surface area contributed by atoms with Crippen LogP contribution in [0.1, 0.15) is 19.2 Å². The summed E-state index contributed by atoms with van der Waals surface area (Å²) in [6.45, 7) is 2.89. The van der Waals surface area contributed by atoms with Gasteiger partial charge in [0.15, 0.2) is 5.82 Å². The predicted octanol–water partition coefficient (Wildman–Crippen LogP) is 2.55. The number of hydrogen-bond donors (Lipinski definition) is 2. The van der Waals surface area contributed by atoms with Crippen LogP contribution in [0, 0.1) is 5.92 Å². The molecule has 166 valence electrons. The van der Waals surface area contributed by atoms with Crippen LogP contribution in [0.15, 0.2) is 48.5 Å². The van der Waals surface area contributed by atoms with Gasteiger partial charge in [-0.2, -0.15) is 5.10 Å². The molecule has 1 aromatic heterocycles. The quantitative estimate of drug-likeness (QED) is 0.563. The zero-order chi connectivity index (χ0) is 22.5. The van der Waals surface area contributed by atoms with Gasteiger partial charge in [0.05, 0.1) is 31.9 Å². The number of aromatic nitrogens is 3. The zero-order valence-corrected chi connectivity index (χ0v) is 18.0. The summed E-state index contributed by atoms with van der Waals surface area (Å²) >= 11 is 0. The number of para-hydroxylation sites is 2. The fraction of sp³-hybridized carbons (Fsp3) is 0.304. The Hall–Kier alpha value is -3.88. The van der Waals surface area contributed by atoms with Gasteiger partial charge in [-0.05, 0) is 43.3 Å². The molecule has 0 bridgehead atoms. The molecule has 4 rings (SSSR count). The van der Waals surface area contributed by atoms with E-state index < -0.39 is 5.92 Å². The van der Waals surface area contributed by atoms with Crippen molar-refractivity contribution in [3.05, 3.63) is 54.4 Å². The molecular weight excluding hydrogens is 410 g/mol. The molecule has 0 spiro atoms. The second kappa shape index (κ2) is 9.51. The number of methoxy groups -OCH3 is 1. The molecule has 0 radical (unpaired) electrons. The molecule has 0 aliphatic carbocycles. The Morgan fingerprint density at radius 2 is 2.00 bits per heavy atom. The second-order valence-corrected chi connectivity index (χ2v) is 7.36. The van der Waals surface area contributed by atoms with Gasteiger partial charge in [-0.3, -0.25) is 14.7 Å². The number of carbonyl (C=O) groups is 2. The summed E-state index contributed by atoms with van der Waals surface area (Å²) in [5.74, 6) is 1.72.